The van der Waals surface area contributed by atoms with Gasteiger partial charge in [-0.3, -0.25) is 0 Å². The molecular formula is C39H36BNO2Si. The second kappa shape index (κ2) is 8.48. The summed E-state index contributed by atoms with van der Waals surface area (Å²) in [5.74, 6) is 3.66. The third kappa shape index (κ3) is 3.39. The first kappa shape index (κ1) is 26.2. The molecule has 0 saturated heterocycles. The van der Waals surface area contributed by atoms with Crippen LogP contribution in [0.2, 0.25) is 13.1 Å². The van der Waals surface area contributed by atoms with E-state index in [2.05, 4.69) is 143 Å². The van der Waals surface area contributed by atoms with Gasteiger partial charge < -0.3 is 14.4 Å². The van der Waals surface area contributed by atoms with Gasteiger partial charge in [-0.1, -0.05) is 101 Å². The number of hydrogen-bond acceptors (Lipinski definition) is 3. The largest absolute Gasteiger partial charge is 0.458 e. The molecule has 5 heteroatoms. The summed E-state index contributed by atoms with van der Waals surface area (Å²) in [6.45, 7) is 14.5. The SMILES string of the molecule is CC1(C)CC(C)(C)c2cc3c(cc21)Oc1cc(N2c4ccccc4[Si](C)(C)c4ccccc42)cc2c1B3c1ccccc1O2. The Bertz CT molecular complexity index is 2010. The molecule has 4 aliphatic rings. The van der Waals surface area contributed by atoms with E-state index in [1.54, 1.807) is 0 Å². The number of benzene rings is 5. The van der Waals surface area contributed by atoms with E-state index in [-0.39, 0.29) is 17.5 Å². The minimum Gasteiger partial charge on any atom is -0.458 e. The van der Waals surface area contributed by atoms with Crippen molar-refractivity contribution in [3.8, 4) is 23.0 Å². The minimum absolute atomic E-state index is 0.0554. The zero-order valence-corrected chi connectivity index (χ0v) is 27.3. The molecule has 0 radical (unpaired) electrons. The molecule has 9 rings (SSSR count). The number of hydrogen-bond donors (Lipinski definition) is 0. The molecule has 44 heavy (non-hydrogen) atoms. The highest BCUT2D eigenvalue weighted by Crippen LogP contribution is 2.51. The lowest BCUT2D eigenvalue weighted by Crippen LogP contribution is -2.58. The first-order chi connectivity index (χ1) is 21.0. The summed E-state index contributed by atoms with van der Waals surface area (Å²) >= 11 is 0. The maximum absolute atomic E-state index is 6.98. The van der Waals surface area contributed by atoms with Crippen LogP contribution in [0.3, 0.4) is 0 Å². The van der Waals surface area contributed by atoms with Crippen molar-refractivity contribution in [2.45, 2.75) is 58.0 Å². The van der Waals surface area contributed by atoms with E-state index >= 15 is 0 Å². The van der Waals surface area contributed by atoms with Gasteiger partial charge in [0.1, 0.15) is 31.1 Å². The molecule has 0 bridgehead atoms. The van der Waals surface area contributed by atoms with Crippen LogP contribution in [-0.4, -0.2) is 14.8 Å². The van der Waals surface area contributed by atoms with Crippen LogP contribution in [0.1, 0.15) is 45.2 Å². The van der Waals surface area contributed by atoms with Gasteiger partial charge in [0.25, 0.3) is 6.71 Å². The van der Waals surface area contributed by atoms with E-state index in [4.69, 9.17) is 9.47 Å². The fraction of sp³-hybridized carbons (Fsp3) is 0.231. The Morgan fingerprint density at radius 2 is 1.16 bits per heavy atom. The summed E-state index contributed by atoms with van der Waals surface area (Å²) in [5.41, 5.74) is 10.2. The number of nitrogens with zero attached hydrogens (tertiary/aromatic N) is 1. The standard InChI is InChI=1S/C39H36BNO2Si/c1-38(2)23-39(3,4)26-22-32-28(21-25(26)38)40-27-13-7-10-16-31(27)42-33-19-24(20-34(43-32)37(33)40)41-29-14-8-11-17-35(29)44(5,6)36-18-12-9-15-30(36)41/h7-22H,23H2,1-6H3. The van der Waals surface area contributed by atoms with Crippen LogP contribution in [0.25, 0.3) is 0 Å². The fourth-order valence-corrected chi connectivity index (χ4v) is 12.0. The summed E-state index contributed by atoms with van der Waals surface area (Å²) in [5, 5.41) is 2.89. The molecule has 0 aromatic heterocycles. The molecule has 3 heterocycles. The van der Waals surface area contributed by atoms with Crippen LogP contribution < -0.4 is 41.1 Å². The van der Waals surface area contributed by atoms with Crippen molar-refractivity contribution in [3.63, 3.8) is 0 Å². The maximum Gasteiger partial charge on any atom is 0.260 e. The molecule has 3 aliphatic heterocycles. The predicted molar refractivity (Wildman–Crippen MR) is 186 cm³/mol. The second-order valence-electron chi connectivity index (χ2n) is 14.9. The first-order valence-electron chi connectivity index (χ1n) is 15.9. The molecule has 0 fully saturated rings. The molecule has 3 nitrogen and oxygen atoms in total. The zero-order valence-electron chi connectivity index (χ0n) is 26.3. The third-order valence-electron chi connectivity index (χ3n) is 10.7. The van der Waals surface area contributed by atoms with E-state index in [0.717, 1.165) is 40.6 Å². The Hall–Kier alpha value is -4.22. The van der Waals surface area contributed by atoms with Gasteiger partial charge in [-0.15, -0.1) is 0 Å². The highest BCUT2D eigenvalue weighted by Gasteiger charge is 2.47. The van der Waals surface area contributed by atoms with Crippen molar-refractivity contribution >= 4 is 58.6 Å². The lowest BCUT2D eigenvalue weighted by Gasteiger charge is -2.41. The maximum atomic E-state index is 6.98. The van der Waals surface area contributed by atoms with Gasteiger partial charge in [0.15, 0.2) is 0 Å². The van der Waals surface area contributed by atoms with Crippen LogP contribution in [0.15, 0.2) is 97.1 Å². The molecule has 0 atom stereocenters. The summed E-state index contributed by atoms with van der Waals surface area (Å²) in [4.78, 5) is 2.42. The highest BCUT2D eigenvalue weighted by atomic mass is 28.3. The van der Waals surface area contributed by atoms with Gasteiger partial charge in [0, 0.05) is 29.0 Å². The van der Waals surface area contributed by atoms with Gasteiger partial charge >= 0.3 is 0 Å². The lowest BCUT2D eigenvalue weighted by atomic mass is 9.34. The van der Waals surface area contributed by atoms with Gasteiger partial charge in [-0.25, -0.2) is 0 Å². The van der Waals surface area contributed by atoms with Crippen molar-refractivity contribution in [1.29, 1.82) is 0 Å². The van der Waals surface area contributed by atoms with Crippen LogP contribution >= 0.6 is 0 Å². The van der Waals surface area contributed by atoms with Crippen molar-refractivity contribution < 1.29 is 9.47 Å². The zero-order chi connectivity index (χ0) is 30.2. The Balaban J connectivity index is 1.29. The number of fused-ring (bicyclic) bond motifs is 7. The molecule has 0 unspecified atom stereocenters. The van der Waals surface area contributed by atoms with E-state index in [9.17, 15) is 0 Å². The normalized spacial score (nSPS) is 18.5. The second-order valence-corrected chi connectivity index (χ2v) is 19.2. The molecule has 1 aliphatic carbocycles. The molecular weight excluding hydrogens is 553 g/mol. The number of anilines is 3. The average Bonchev–Trinajstić information content (AvgIpc) is 3.18. The lowest BCUT2D eigenvalue weighted by molar-refractivity contribution is 0.402. The Morgan fingerprint density at radius 1 is 0.614 bits per heavy atom. The van der Waals surface area contributed by atoms with E-state index < -0.39 is 8.07 Å². The van der Waals surface area contributed by atoms with Crippen LogP contribution in [0, 0.1) is 0 Å². The number of rotatable bonds is 1. The topological polar surface area (TPSA) is 21.7 Å². The highest BCUT2D eigenvalue weighted by molar-refractivity contribution is 7.02. The molecule has 5 aromatic rings. The van der Waals surface area contributed by atoms with Crippen LogP contribution in [0.5, 0.6) is 23.0 Å². The van der Waals surface area contributed by atoms with E-state index in [1.165, 1.54) is 43.8 Å². The number of ether oxygens (including phenoxy) is 2. The molecule has 5 aromatic carbocycles. The first-order valence-corrected chi connectivity index (χ1v) is 18.9. The predicted octanol–water partition coefficient (Wildman–Crippen LogP) is 6.98. The van der Waals surface area contributed by atoms with Crippen molar-refractivity contribution in [2.75, 3.05) is 4.90 Å². The monoisotopic (exact) mass is 589 g/mol. The molecule has 0 spiro atoms. The quantitative estimate of drug-likeness (QED) is 0.193. The van der Waals surface area contributed by atoms with Gasteiger partial charge in [0.05, 0.1) is 5.69 Å². The van der Waals surface area contributed by atoms with Crippen molar-refractivity contribution in [3.05, 3.63) is 108 Å². The smallest absolute Gasteiger partial charge is 0.260 e. The molecule has 0 saturated carbocycles. The van der Waals surface area contributed by atoms with Crippen molar-refractivity contribution in [2.24, 2.45) is 0 Å². The summed E-state index contributed by atoms with van der Waals surface area (Å²) < 4.78 is 13.7. The van der Waals surface area contributed by atoms with Crippen molar-refractivity contribution in [1.82, 2.24) is 0 Å². The fourth-order valence-electron chi connectivity index (χ4n) is 8.97. The van der Waals surface area contributed by atoms with Crippen LogP contribution in [-0.2, 0) is 10.8 Å². The van der Waals surface area contributed by atoms with Gasteiger partial charge in [-0.2, -0.15) is 0 Å². The number of para-hydroxylation sites is 3. The van der Waals surface area contributed by atoms with Crippen LogP contribution in [0.4, 0.5) is 17.1 Å². The Labute approximate surface area is 261 Å². The Morgan fingerprint density at radius 3 is 1.82 bits per heavy atom. The molecule has 216 valence electrons. The van der Waals surface area contributed by atoms with E-state index in [1.807, 2.05) is 0 Å². The Kier molecular flexibility index (Phi) is 5.05. The van der Waals surface area contributed by atoms with E-state index in [0.29, 0.717) is 0 Å². The molecule has 0 amide bonds. The third-order valence-corrected chi connectivity index (χ3v) is 14.3. The van der Waals surface area contributed by atoms with Gasteiger partial charge in [-0.05, 0) is 73.9 Å². The van der Waals surface area contributed by atoms with Gasteiger partial charge in [0.2, 0.25) is 0 Å². The summed E-state index contributed by atoms with van der Waals surface area (Å²) in [6, 6.07) is 35.7. The average molecular weight is 590 g/mol. The molecule has 0 N–H and O–H groups in total. The summed E-state index contributed by atoms with van der Waals surface area (Å²) in [7, 11) is -1.89. The summed E-state index contributed by atoms with van der Waals surface area (Å²) in [6.07, 6.45) is 1.12. The minimum atomic E-state index is -1.89.